The van der Waals surface area contributed by atoms with Crippen LogP contribution in [0, 0.1) is 18.3 Å². The standard InChI is InChI=1S/C21H23ClN4O3/c1-12-18(9-8-16(11-23)19(12)22)24-20(14(3)27)21(28)26-25-13(2)15-6-5-7-17(10-15)29-4/h5-10,14,20,24-25,27H,2H2,1,3-4H3,(H,26,28)/t14-,20+/m0/s1. The van der Waals surface area contributed by atoms with Crippen LogP contribution >= 0.6 is 11.6 Å². The molecule has 2 rings (SSSR count). The predicted molar refractivity (Wildman–Crippen MR) is 113 cm³/mol. The van der Waals surface area contributed by atoms with Crippen molar-refractivity contribution < 1.29 is 14.6 Å². The van der Waals surface area contributed by atoms with Gasteiger partial charge in [-0.05, 0) is 43.7 Å². The number of ether oxygens (including phenoxy) is 1. The fourth-order valence-electron chi connectivity index (χ4n) is 2.60. The van der Waals surface area contributed by atoms with Crippen molar-refractivity contribution in [2.24, 2.45) is 0 Å². The zero-order valence-corrected chi connectivity index (χ0v) is 17.2. The molecule has 2 atom stereocenters. The van der Waals surface area contributed by atoms with Crippen LogP contribution < -0.4 is 20.9 Å². The van der Waals surface area contributed by atoms with Crippen molar-refractivity contribution in [2.45, 2.75) is 26.0 Å². The van der Waals surface area contributed by atoms with E-state index in [2.05, 4.69) is 22.7 Å². The van der Waals surface area contributed by atoms with E-state index in [0.717, 1.165) is 5.56 Å². The zero-order valence-electron chi connectivity index (χ0n) is 16.4. The van der Waals surface area contributed by atoms with E-state index in [9.17, 15) is 9.90 Å². The molecule has 0 bridgehead atoms. The number of aliphatic hydroxyl groups excluding tert-OH is 1. The number of hydrogen-bond donors (Lipinski definition) is 4. The summed E-state index contributed by atoms with van der Waals surface area (Å²) in [6, 6.07) is 11.4. The van der Waals surface area contributed by atoms with Crippen LogP contribution in [0.3, 0.4) is 0 Å². The van der Waals surface area contributed by atoms with Crippen molar-refractivity contribution in [1.29, 1.82) is 5.26 Å². The molecule has 0 saturated heterocycles. The van der Waals surface area contributed by atoms with Gasteiger partial charge in [0.2, 0.25) is 0 Å². The lowest BCUT2D eigenvalue weighted by Crippen LogP contribution is -2.50. The third kappa shape index (κ3) is 5.41. The second kappa shape index (κ2) is 9.82. The molecule has 8 heteroatoms. The van der Waals surface area contributed by atoms with Gasteiger partial charge in [-0.1, -0.05) is 30.3 Å². The lowest BCUT2D eigenvalue weighted by atomic mass is 10.1. The molecule has 0 aliphatic carbocycles. The molecule has 0 spiro atoms. The molecule has 4 N–H and O–H groups in total. The number of amides is 1. The Balaban J connectivity index is 2.09. The molecule has 2 aromatic carbocycles. The number of benzene rings is 2. The zero-order chi connectivity index (χ0) is 21.6. The summed E-state index contributed by atoms with van der Waals surface area (Å²) in [5.41, 5.74) is 7.97. The number of hydrazine groups is 1. The van der Waals surface area contributed by atoms with Gasteiger partial charge in [-0.3, -0.25) is 15.6 Å². The Bertz CT molecular complexity index is 953. The third-order valence-electron chi connectivity index (χ3n) is 4.34. The fraction of sp³-hybridized carbons (Fsp3) is 0.238. The second-order valence-electron chi connectivity index (χ2n) is 6.40. The van der Waals surface area contributed by atoms with Crippen LogP contribution in [0.5, 0.6) is 5.75 Å². The molecule has 0 saturated carbocycles. The van der Waals surface area contributed by atoms with E-state index in [4.69, 9.17) is 21.6 Å². The second-order valence-corrected chi connectivity index (χ2v) is 6.78. The number of halogens is 1. The fourth-order valence-corrected chi connectivity index (χ4v) is 2.81. The first kappa shape index (κ1) is 22.1. The highest BCUT2D eigenvalue weighted by molar-refractivity contribution is 6.32. The van der Waals surface area contributed by atoms with Crippen LogP contribution in [0.1, 0.15) is 23.6 Å². The van der Waals surface area contributed by atoms with Crippen molar-refractivity contribution in [1.82, 2.24) is 10.9 Å². The summed E-state index contributed by atoms with van der Waals surface area (Å²) in [7, 11) is 1.56. The Labute approximate surface area is 174 Å². The molecule has 1 amide bonds. The molecule has 0 radical (unpaired) electrons. The van der Waals surface area contributed by atoms with Gasteiger partial charge in [0.05, 0.1) is 29.5 Å². The first-order valence-electron chi connectivity index (χ1n) is 8.81. The van der Waals surface area contributed by atoms with E-state index in [0.29, 0.717) is 33.3 Å². The molecular formula is C21H23ClN4O3. The van der Waals surface area contributed by atoms with Gasteiger partial charge >= 0.3 is 0 Å². The van der Waals surface area contributed by atoms with Crippen LogP contribution in [0.25, 0.3) is 5.70 Å². The minimum atomic E-state index is -1.00. The van der Waals surface area contributed by atoms with E-state index in [1.807, 2.05) is 12.1 Å². The van der Waals surface area contributed by atoms with E-state index in [-0.39, 0.29) is 0 Å². The van der Waals surface area contributed by atoms with Crippen molar-refractivity contribution >= 4 is 28.9 Å². The number of nitrogens with zero attached hydrogens (tertiary/aromatic N) is 1. The summed E-state index contributed by atoms with van der Waals surface area (Å²) in [5, 5.41) is 22.4. The number of aliphatic hydroxyl groups is 1. The summed E-state index contributed by atoms with van der Waals surface area (Å²) < 4.78 is 5.17. The van der Waals surface area contributed by atoms with Crippen molar-refractivity contribution in [3.05, 3.63) is 64.7 Å². The van der Waals surface area contributed by atoms with Crippen molar-refractivity contribution in [3.8, 4) is 11.8 Å². The maximum Gasteiger partial charge on any atom is 0.263 e. The number of rotatable bonds is 8. The van der Waals surface area contributed by atoms with E-state index in [1.54, 1.807) is 44.4 Å². The van der Waals surface area contributed by atoms with E-state index in [1.165, 1.54) is 6.92 Å². The van der Waals surface area contributed by atoms with Crippen molar-refractivity contribution in [3.63, 3.8) is 0 Å². The maximum atomic E-state index is 12.6. The number of anilines is 1. The summed E-state index contributed by atoms with van der Waals surface area (Å²) in [6.45, 7) is 7.12. The Morgan fingerprint density at radius 1 is 1.31 bits per heavy atom. The van der Waals surface area contributed by atoms with E-state index < -0.39 is 18.1 Å². The van der Waals surface area contributed by atoms with Crippen LogP contribution in [0.15, 0.2) is 43.0 Å². The SMILES string of the molecule is C=C(NNC(=O)[C@H](Nc1ccc(C#N)c(Cl)c1C)[C@H](C)O)c1cccc(OC)c1. The van der Waals surface area contributed by atoms with Gasteiger partial charge in [-0.15, -0.1) is 0 Å². The third-order valence-corrected chi connectivity index (χ3v) is 4.82. The Kier molecular flexibility index (Phi) is 7.48. The molecule has 0 unspecified atom stereocenters. The molecular weight excluding hydrogens is 392 g/mol. The summed E-state index contributed by atoms with van der Waals surface area (Å²) in [5.74, 6) is 0.164. The van der Waals surface area contributed by atoms with Gasteiger partial charge in [0.15, 0.2) is 0 Å². The molecule has 2 aromatic rings. The molecule has 0 aliphatic heterocycles. The first-order valence-corrected chi connectivity index (χ1v) is 9.19. The molecule has 152 valence electrons. The number of carbonyl (C=O) groups excluding carboxylic acids is 1. The smallest absolute Gasteiger partial charge is 0.263 e. The molecule has 0 aliphatic rings. The molecule has 0 aromatic heterocycles. The van der Waals surface area contributed by atoms with Gasteiger partial charge < -0.3 is 15.2 Å². The topological polar surface area (TPSA) is 106 Å². The van der Waals surface area contributed by atoms with Gasteiger partial charge in [-0.2, -0.15) is 5.26 Å². The lowest BCUT2D eigenvalue weighted by Gasteiger charge is -2.24. The highest BCUT2D eigenvalue weighted by Crippen LogP contribution is 2.27. The van der Waals surface area contributed by atoms with Gasteiger partial charge in [0, 0.05) is 11.3 Å². The summed E-state index contributed by atoms with van der Waals surface area (Å²) >= 11 is 6.18. The van der Waals surface area contributed by atoms with Crippen LogP contribution in [0.4, 0.5) is 5.69 Å². The van der Waals surface area contributed by atoms with Gasteiger partial charge in [0.25, 0.3) is 5.91 Å². The normalized spacial score (nSPS) is 12.3. The minimum absolute atomic E-state index is 0.298. The number of methoxy groups -OCH3 is 1. The van der Waals surface area contributed by atoms with Crippen LogP contribution in [-0.4, -0.2) is 30.3 Å². The minimum Gasteiger partial charge on any atom is -0.497 e. The monoisotopic (exact) mass is 414 g/mol. The lowest BCUT2D eigenvalue weighted by molar-refractivity contribution is -0.124. The number of hydrogen-bond acceptors (Lipinski definition) is 6. The Morgan fingerprint density at radius 2 is 2.03 bits per heavy atom. The Hall–Kier alpha value is -3.21. The van der Waals surface area contributed by atoms with Crippen LogP contribution in [0.2, 0.25) is 5.02 Å². The first-order chi connectivity index (χ1) is 13.8. The number of nitriles is 1. The van der Waals surface area contributed by atoms with Gasteiger partial charge in [-0.25, -0.2) is 0 Å². The van der Waals surface area contributed by atoms with E-state index >= 15 is 0 Å². The predicted octanol–water partition coefficient (Wildman–Crippen LogP) is 2.98. The Morgan fingerprint density at radius 3 is 2.66 bits per heavy atom. The largest absolute Gasteiger partial charge is 0.497 e. The number of carbonyl (C=O) groups is 1. The van der Waals surface area contributed by atoms with Gasteiger partial charge in [0.1, 0.15) is 17.9 Å². The molecule has 7 nitrogen and oxygen atoms in total. The number of nitrogens with one attached hydrogen (secondary N) is 3. The highest BCUT2D eigenvalue weighted by atomic mass is 35.5. The molecule has 0 fully saturated rings. The molecule has 29 heavy (non-hydrogen) atoms. The summed E-state index contributed by atoms with van der Waals surface area (Å²) in [6.07, 6.45) is -1.00. The average molecular weight is 415 g/mol. The molecule has 0 heterocycles. The quantitative estimate of drug-likeness (QED) is 0.495. The average Bonchev–Trinajstić information content (AvgIpc) is 2.72. The van der Waals surface area contributed by atoms with Crippen molar-refractivity contribution in [2.75, 3.05) is 12.4 Å². The highest BCUT2D eigenvalue weighted by Gasteiger charge is 2.25. The van der Waals surface area contributed by atoms with Crippen LogP contribution in [-0.2, 0) is 4.79 Å². The summed E-state index contributed by atoms with van der Waals surface area (Å²) in [4.78, 5) is 12.6. The maximum absolute atomic E-state index is 12.6.